The molecule has 0 saturated heterocycles. The van der Waals surface area contributed by atoms with Gasteiger partial charge in [-0.25, -0.2) is 0 Å². The van der Waals surface area contributed by atoms with Crippen LogP contribution in [0.4, 0.5) is 0 Å². The summed E-state index contributed by atoms with van der Waals surface area (Å²) in [5.41, 5.74) is 3.91. The van der Waals surface area contributed by atoms with Gasteiger partial charge in [-0.05, 0) is 49.2 Å². The fraction of sp³-hybridized carbons (Fsp3) is 0.250. The van der Waals surface area contributed by atoms with E-state index in [2.05, 4.69) is 5.43 Å². The Morgan fingerprint density at radius 3 is 2.38 bits per heavy atom. The average Bonchev–Trinajstić information content (AvgIpc) is 2.44. The van der Waals surface area contributed by atoms with Crippen molar-refractivity contribution >= 4 is 23.2 Å². The van der Waals surface area contributed by atoms with E-state index in [1.807, 2.05) is 49.4 Å². The molecule has 2 rings (SSSR count). The lowest BCUT2D eigenvalue weighted by Gasteiger charge is -2.24. The third kappa shape index (κ3) is 4.90. The molecule has 2 aromatic carbocycles. The zero-order valence-corrected chi connectivity index (χ0v) is 13.2. The van der Waals surface area contributed by atoms with Crippen molar-refractivity contribution in [2.45, 2.75) is 25.5 Å². The SMILES string of the molecule is CC(Oc1cccc(Cl)c1)C(Cc1cccc(Cl)c1)NN. The molecule has 2 atom stereocenters. The summed E-state index contributed by atoms with van der Waals surface area (Å²) in [7, 11) is 0. The molecule has 0 aliphatic rings. The van der Waals surface area contributed by atoms with Gasteiger partial charge in [0.1, 0.15) is 11.9 Å². The molecule has 0 radical (unpaired) electrons. The molecule has 0 bridgehead atoms. The van der Waals surface area contributed by atoms with Crippen LogP contribution in [0.3, 0.4) is 0 Å². The Hall–Kier alpha value is -1.26. The van der Waals surface area contributed by atoms with Crippen LogP contribution < -0.4 is 16.0 Å². The van der Waals surface area contributed by atoms with Crippen molar-refractivity contribution in [2.24, 2.45) is 5.84 Å². The maximum Gasteiger partial charge on any atom is 0.121 e. The molecule has 5 heteroatoms. The van der Waals surface area contributed by atoms with E-state index >= 15 is 0 Å². The van der Waals surface area contributed by atoms with Gasteiger partial charge >= 0.3 is 0 Å². The van der Waals surface area contributed by atoms with Gasteiger partial charge in [0.05, 0.1) is 6.04 Å². The molecule has 0 saturated carbocycles. The van der Waals surface area contributed by atoms with Crippen LogP contribution in [-0.2, 0) is 6.42 Å². The molecule has 0 amide bonds. The third-order valence-electron chi connectivity index (χ3n) is 3.24. The quantitative estimate of drug-likeness (QED) is 0.627. The van der Waals surface area contributed by atoms with E-state index in [0.29, 0.717) is 10.0 Å². The van der Waals surface area contributed by atoms with Gasteiger partial charge < -0.3 is 4.74 Å². The lowest BCUT2D eigenvalue weighted by Crippen LogP contribution is -2.46. The summed E-state index contributed by atoms with van der Waals surface area (Å²) in [6.45, 7) is 1.97. The first-order valence-electron chi connectivity index (χ1n) is 6.71. The number of hydrogen-bond donors (Lipinski definition) is 2. The number of rotatable bonds is 6. The van der Waals surface area contributed by atoms with E-state index in [1.54, 1.807) is 6.07 Å². The zero-order valence-electron chi connectivity index (χ0n) is 11.7. The van der Waals surface area contributed by atoms with Gasteiger partial charge in [0.25, 0.3) is 0 Å². The van der Waals surface area contributed by atoms with Gasteiger partial charge in [-0.15, -0.1) is 0 Å². The Balaban J connectivity index is 2.03. The predicted octanol–water partition coefficient (Wildman–Crippen LogP) is 3.84. The Bertz CT molecular complexity index is 592. The number of ether oxygens (including phenoxy) is 1. The summed E-state index contributed by atoms with van der Waals surface area (Å²) in [5.74, 6) is 6.38. The smallest absolute Gasteiger partial charge is 0.121 e. The van der Waals surface area contributed by atoms with Crippen LogP contribution in [0, 0.1) is 0 Å². The number of benzene rings is 2. The molecule has 3 N–H and O–H groups in total. The molecule has 0 spiro atoms. The molecule has 0 aliphatic heterocycles. The summed E-state index contributed by atoms with van der Waals surface area (Å²) >= 11 is 12.0. The van der Waals surface area contributed by atoms with Crippen molar-refractivity contribution in [3.05, 3.63) is 64.1 Å². The van der Waals surface area contributed by atoms with E-state index < -0.39 is 0 Å². The minimum atomic E-state index is -0.118. The van der Waals surface area contributed by atoms with E-state index in [9.17, 15) is 0 Å². The van der Waals surface area contributed by atoms with Crippen molar-refractivity contribution in [3.63, 3.8) is 0 Å². The van der Waals surface area contributed by atoms with Gasteiger partial charge in [-0.2, -0.15) is 0 Å². The Kier molecular flexibility index (Phi) is 5.88. The highest BCUT2D eigenvalue weighted by molar-refractivity contribution is 6.30. The lowest BCUT2D eigenvalue weighted by molar-refractivity contribution is 0.169. The van der Waals surface area contributed by atoms with Gasteiger partial charge in [-0.3, -0.25) is 11.3 Å². The predicted molar refractivity (Wildman–Crippen MR) is 87.8 cm³/mol. The monoisotopic (exact) mass is 324 g/mol. The number of nitrogens with two attached hydrogens (primary N) is 1. The molecular formula is C16H18Cl2N2O. The molecule has 2 aromatic rings. The van der Waals surface area contributed by atoms with Crippen LogP contribution in [0.1, 0.15) is 12.5 Å². The standard InChI is InChI=1S/C16H18Cl2N2O/c1-11(21-15-7-3-6-14(18)10-15)16(20-19)9-12-4-2-5-13(17)8-12/h2-8,10-11,16,20H,9,19H2,1H3. The van der Waals surface area contributed by atoms with Gasteiger partial charge in [0.15, 0.2) is 0 Å². The third-order valence-corrected chi connectivity index (χ3v) is 3.71. The highest BCUT2D eigenvalue weighted by atomic mass is 35.5. The molecule has 3 nitrogen and oxygen atoms in total. The summed E-state index contributed by atoms with van der Waals surface area (Å²) in [4.78, 5) is 0. The van der Waals surface area contributed by atoms with Crippen molar-refractivity contribution in [1.82, 2.24) is 5.43 Å². The minimum absolute atomic E-state index is 0.0394. The molecule has 2 unspecified atom stereocenters. The van der Waals surface area contributed by atoms with Crippen LogP contribution in [0.2, 0.25) is 10.0 Å². The van der Waals surface area contributed by atoms with Crippen LogP contribution in [0.15, 0.2) is 48.5 Å². The molecule has 21 heavy (non-hydrogen) atoms. The maximum atomic E-state index is 6.00. The molecule has 0 heterocycles. The minimum Gasteiger partial charge on any atom is -0.489 e. The first kappa shape index (κ1) is 16.1. The first-order valence-corrected chi connectivity index (χ1v) is 7.47. The second-order valence-corrected chi connectivity index (χ2v) is 5.76. The summed E-state index contributed by atoms with van der Waals surface area (Å²) in [6, 6.07) is 15.0. The number of nitrogens with one attached hydrogen (secondary N) is 1. The molecule has 0 aromatic heterocycles. The second kappa shape index (κ2) is 7.66. The number of hydrogen-bond acceptors (Lipinski definition) is 3. The Morgan fingerprint density at radius 2 is 1.76 bits per heavy atom. The van der Waals surface area contributed by atoms with Crippen LogP contribution in [0.25, 0.3) is 0 Å². The zero-order chi connectivity index (χ0) is 15.2. The second-order valence-electron chi connectivity index (χ2n) is 4.89. The van der Waals surface area contributed by atoms with Gasteiger partial charge in [-0.1, -0.05) is 41.4 Å². The molecule has 0 aliphatic carbocycles. The number of halogens is 2. The summed E-state index contributed by atoms with van der Waals surface area (Å²) < 4.78 is 5.89. The molecule has 112 valence electrons. The topological polar surface area (TPSA) is 47.3 Å². The Labute approximate surface area is 135 Å². The normalized spacial score (nSPS) is 13.7. The Morgan fingerprint density at radius 1 is 1.10 bits per heavy atom. The van der Waals surface area contributed by atoms with E-state index in [1.165, 1.54) is 0 Å². The fourth-order valence-electron chi connectivity index (χ4n) is 2.12. The molecular weight excluding hydrogens is 307 g/mol. The maximum absolute atomic E-state index is 6.00. The van der Waals surface area contributed by atoms with E-state index in [0.717, 1.165) is 17.7 Å². The van der Waals surface area contributed by atoms with Gasteiger partial charge in [0, 0.05) is 10.0 Å². The van der Waals surface area contributed by atoms with Crippen molar-refractivity contribution in [3.8, 4) is 5.75 Å². The number of hydrazine groups is 1. The van der Waals surface area contributed by atoms with Crippen molar-refractivity contribution in [1.29, 1.82) is 0 Å². The average molecular weight is 325 g/mol. The fourth-order valence-corrected chi connectivity index (χ4v) is 2.51. The van der Waals surface area contributed by atoms with E-state index in [-0.39, 0.29) is 12.1 Å². The van der Waals surface area contributed by atoms with Crippen LogP contribution in [-0.4, -0.2) is 12.1 Å². The van der Waals surface area contributed by atoms with Gasteiger partial charge in [0.2, 0.25) is 0 Å². The van der Waals surface area contributed by atoms with Crippen LogP contribution in [0.5, 0.6) is 5.75 Å². The molecule has 0 fully saturated rings. The van der Waals surface area contributed by atoms with E-state index in [4.69, 9.17) is 33.8 Å². The lowest BCUT2D eigenvalue weighted by atomic mass is 10.0. The highest BCUT2D eigenvalue weighted by Crippen LogP contribution is 2.20. The first-order chi connectivity index (χ1) is 10.1. The summed E-state index contributed by atoms with van der Waals surface area (Å²) in [6.07, 6.45) is 0.603. The highest BCUT2D eigenvalue weighted by Gasteiger charge is 2.18. The largest absolute Gasteiger partial charge is 0.489 e. The van der Waals surface area contributed by atoms with Crippen molar-refractivity contribution in [2.75, 3.05) is 0 Å². The van der Waals surface area contributed by atoms with Crippen LogP contribution >= 0.6 is 23.2 Å². The summed E-state index contributed by atoms with van der Waals surface area (Å²) in [5, 5.41) is 1.36. The van der Waals surface area contributed by atoms with Crippen molar-refractivity contribution < 1.29 is 4.74 Å².